The first-order chi connectivity index (χ1) is 8.56. The third kappa shape index (κ3) is 2.41. The van der Waals surface area contributed by atoms with E-state index in [0.717, 1.165) is 15.7 Å². The van der Waals surface area contributed by atoms with E-state index in [4.69, 9.17) is 29.0 Å². The molecule has 0 aliphatic carbocycles. The van der Waals surface area contributed by atoms with Crippen LogP contribution in [0.3, 0.4) is 0 Å². The zero-order valence-corrected chi connectivity index (χ0v) is 12.6. The molecule has 1 aromatic carbocycles. The molecule has 7 heteroatoms. The van der Waals surface area contributed by atoms with Gasteiger partial charge in [0, 0.05) is 11.5 Å². The van der Waals surface area contributed by atoms with Crippen molar-refractivity contribution < 1.29 is 0 Å². The van der Waals surface area contributed by atoms with E-state index in [-0.39, 0.29) is 6.04 Å². The number of hydrogen-bond donors (Lipinski definition) is 2. The molecule has 0 radical (unpaired) electrons. The van der Waals surface area contributed by atoms with Crippen LogP contribution < -0.4 is 11.3 Å². The van der Waals surface area contributed by atoms with Crippen LogP contribution in [0, 0.1) is 0 Å². The van der Waals surface area contributed by atoms with Gasteiger partial charge >= 0.3 is 0 Å². The van der Waals surface area contributed by atoms with Gasteiger partial charge in [-0.3, -0.25) is 10.5 Å². The summed E-state index contributed by atoms with van der Waals surface area (Å²) in [6, 6.07) is 5.32. The monoisotopic (exact) mass is 348 g/mol. The van der Waals surface area contributed by atoms with Crippen LogP contribution in [-0.4, -0.2) is 9.78 Å². The predicted molar refractivity (Wildman–Crippen MR) is 76.5 cm³/mol. The van der Waals surface area contributed by atoms with Crippen molar-refractivity contribution in [1.29, 1.82) is 0 Å². The lowest BCUT2D eigenvalue weighted by atomic mass is 10.0. The van der Waals surface area contributed by atoms with Crippen LogP contribution in [0.4, 0.5) is 0 Å². The molecule has 0 bridgehead atoms. The molecule has 1 heterocycles. The molecule has 0 aliphatic heterocycles. The summed E-state index contributed by atoms with van der Waals surface area (Å²) in [6.07, 6.45) is 1.58. The van der Waals surface area contributed by atoms with Gasteiger partial charge in [0.2, 0.25) is 0 Å². The van der Waals surface area contributed by atoms with Crippen molar-refractivity contribution in [3.63, 3.8) is 0 Å². The van der Waals surface area contributed by atoms with Crippen molar-refractivity contribution >= 4 is 39.1 Å². The van der Waals surface area contributed by atoms with Crippen LogP contribution >= 0.6 is 39.1 Å². The Labute approximate surface area is 123 Å². The summed E-state index contributed by atoms with van der Waals surface area (Å²) in [6.45, 7) is 0. The van der Waals surface area contributed by atoms with Gasteiger partial charge in [0.1, 0.15) is 0 Å². The van der Waals surface area contributed by atoms with Crippen LogP contribution in [0.25, 0.3) is 0 Å². The molecule has 0 amide bonds. The fraction of sp³-hybridized carbons (Fsp3) is 0.182. The van der Waals surface area contributed by atoms with Crippen LogP contribution in [-0.2, 0) is 7.05 Å². The van der Waals surface area contributed by atoms with E-state index >= 15 is 0 Å². The van der Waals surface area contributed by atoms with Gasteiger partial charge in [-0.25, -0.2) is 5.43 Å². The highest BCUT2D eigenvalue weighted by molar-refractivity contribution is 9.10. The molecular weight excluding hydrogens is 339 g/mol. The molecule has 0 spiro atoms. The van der Waals surface area contributed by atoms with E-state index in [9.17, 15) is 0 Å². The second-order valence-corrected chi connectivity index (χ2v) is 5.38. The fourth-order valence-corrected chi connectivity index (χ4v) is 2.70. The van der Waals surface area contributed by atoms with Crippen LogP contribution in [0.5, 0.6) is 0 Å². The SMILES string of the molecule is Cn1ncc(Cl)c1C(NN)c1cccc(Br)c1Cl. The lowest BCUT2D eigenvalue weighted by molar-refractivity contribution is 0.575. The van der Waals surface area contributed by atoms with Gasteiger partial charge in [-0.2, -0.15) is 5.10 Å². The Morgan fingerprint density at radius 1 is 1.44 bits per heavy atom. The first-order valence-electron chi connectivity index (χ1n) is 5.13. The van der Waals surface area contributed by atoms with Gasteiger partial charge in [0.25, 0.3) is 0 Å². The summed E-state index contributed by atoms with van der Waals surface area (Å²) < 4.78 is 2.48. The van der Waals surface area contributed by atoms with Gasteiger partial charge in [0.15, 0.2) is 0 Å². The first kappa shape index (κ1) is 13.8. The molecular formula is C11H11BrCl2N4. The molecule has 3 N–H and O–H groups in total. The van der Waals surface area contributed by atoms with Gasteiger partial charge < -0.3 is 0 Å². The summed E-state index contributed by atoms with van der Waals surface area (Å²) in [5, 5.41) is 5.23. The molecule has 2 rings (SSSR count). The molecule has 0 fully saturated rings. The number of hydrogen-bond acceptors (Lipinski definition) is 3. The van der Waals surface area contributed by atoms with Crippen molar-refractivity contribution in [1.82, 2.24) is 15.2 Å². The zero-order valence-electron chi connectivity index (χ0n) is 9.49. The molecule has 96 valence electrons. The number of rotatable bonds is 3. The van der Waals surface area contributed by atoms with E-state index in [2.05, 4.69) is 26.5 Å². The number of halogens is 3. The molecule has 0 aliphatic rings. The molecule has 4 nitrogen and oxygen atoms in total. The number of nitrogens with two attached hydrogens (primary N) is 1. The minimum atomic E-state index is -0.324. The molecule has 1 atom stereocenters. The molecule has 18 heavy (non-hydrogen) atoms. The van der Waals surface area contributed by atoms with Crippen LogP contribution in [0.15, 0.2) is 28.9 Å². The Kier molecular flexibility index (Phi) is 4.29. The Morgan fingerprint density at radius 3 is 2.72 bits per heavy atom. The summed E-state index contributed by atoms with van der Waals surface area (Å²) in [5.41, 5.74) is 4.32. The minimum absolute atomic E-state index is 0.324. The van der Waals surface area contributed by atoms with Gasteiger partial charge in [0.05, 0.1) is 28.0 Å². The summed E-state index contributed by atoms with van der Waals surface area (Å²) in [7, 11) is 1.80. The number of benzene rings is 1. The normalized spacial score (nSPS) is 12.7. The van der Waals surface area contributed by atoms with Crippen molar-refractivity contribution in [2.75, 3.05) is 0 Å². The Morgan fingerprint density at radius 2 is 2.17 bits per heavy atom. The van der Waals surface area contributed by atoms with Crippen LogP contribution in [0.1, 0.15) is 17.3 Å². The average Bonchev–Trinajstić information content (AvgIpc) is 2.67. The van der Waals surface area contributed by atoms with Crippen molar-refractivity contribution in [2.24, 2.45) is 12.9 Å². The summed E-state index contributed by atoms with van der Waals surface area (Å²) >= 11 is 15.8. The largest absolute Gasteiger partial charge is 0.271 e. The first-order valence-corrected chi connectivity index (χ1v) is 6.68. The van der Waals surface area contributed by atoms with E-state index < -0.39 is 0 Å². The van der Waals surface area contributed by atoms with E-state index in [1.807, 2.05) is 18.2 Å². The number of aromatic nitrogens is 2. The lowest BCUT2D eigenvalue weighted by Crippen LogP contribution is -2.30. The molecule has 2 aromatic rings. The lowest BCUT2D eigenvalue weighted by Gasteiger charge is -2.19. The highest BCUT2D eigenvalue weighted by Gasteiger charge is 2.22. The second kappa shape index (κ2) is 5.59. The van der Waals surface area contributed by atoms with Gasteiger partial charge in [-0.1, -0.05) is 35.3 Å². The van der Waals surface area contributed by atoms with Gasteiger partial charge in [-0.15, -0.1) is 0 Å². The summed E-state index contributed by atoms with van der Waals surface area (Å²) in [4.78, 5) is 0. The zero-order chi connectivity index (χ0) is 13.3. The Balaban J connectivity index is 2.56. The highest BCUT2D eigenvalue weighted by Crippen LogP contribution is 2.34. The highest BCUT2D eigenvalue weighted by atomic mass is 79.9. The topological polar surface area (TPSA) is 55.9 Å². The molecule has 1 aromatic heterocycles. The third-order valence-corrected chi connectivity index (χ3v) is 4.27. The number of nitrogens with zero attached hydrogens (tertiary/aromatic N) is 2. The second-order valence-electron chi connectivity index (χ2n) is 3.74. The van der Waals surface area contributed by atoms with Crippen molar-refractivity contribution in [3.8, 4) is 0 Å². The average molecular weight is 350 g/mol. The smallest absolute Gasteiger partial charge is 0.0908 e. The molecule has 0 saturated heterocycles. The molecule has 1 unspecified atom stereocenters. The fourth-order valence-electron chi connectivity index (χ4n) is 1.80. The predicted octanol–water partition coefficient (Wildman–Crippen LogP) is 3.04. The minimum Gasteiger partial charge on any atom is -0.271 e. The van der Waals surface area contributed by atoms with Crippen LogP contribution in [0.2, 0.25) is 10.0 Å². The molecule has 0 saturated carbocycles. The number of aryl methyl sites for hydroxylation is 1. The van der Waals surface area contributed by atoms with E-state index in [0.29, 0.717) is 10.0 Å². The van der Waals surface area contributed by atoms with Crippen molar-refractivity contribution in [2.45, 2.75) is 6.04 Å². The standard InChI is InChI=1S/C11H11BrCl2N4/c1-18-11(8(13)5-16-18)10(17-15)6-3-2-4-7(12)9(6)14/h2-5,10,17H,15H2,1H3. The maximum Gasteiger partial charge on any atom is 0.0908 e. The van der Waals surface area contributed by atoms with Crippen molar-refractivity contribution in [3.05, 3.63) is 50.2 Å². The Bertz CT molecular complexity index is 551. The quantitative estimate of drug-likeness (QED) is 0.661. The van der Waals surface area contributed by atoms with E-state index in [1.54, 1.807) is 17.9 Å². The maximum atomic E-state index is 6.27. The third-order valence-electron chi connectivity index (χ3n) is 2.67. The number of nitrogens with one attached hydrogen (secondary N) is 1. The summed E-state index contributed by atoms with van der Waals surface area (Å²) in [5.74, 6) is 5.63. The van der Waals surface area contributed by atoms with E-state index in [1.165, 1.54) is 0 Å². The van der Waals surface area contributed by atoms with Gasteiger partial charge in [-0.05, 0) is 27.6 Å². The maximum absolute atomic E-state index is 6.27. The Hall–Kier alpha value is -0.590. The number of hydrazine groups is 1.